The average molecular weight is 434 g/mol. The summed E-state index contributed by atoms with van der Waals surface area (Å²) in [6, 6.07) is 15.1. The fourth-order valence-corrected chi connectivity index (χ4v) is 4.62. The Morgan fingerprint density at radius 3 is 2.53 bits per heavy atom. The van der Waals surface area contributed by atoms with E-state index in [2.05, 4.69) is 4.99 Å². The van der Waals surface area contributed by atoms with Crippen molar-refractivity contribution in [3.8, 4) is 11.5 Å². The third-order valence-electron chi connectivity index (χ3n) is 6.08. The molecule has 0 bridgehead atoms. The van der Waals surface area contributed by atoms with Crippen LogP contribution < -0.4 is 9.47 Å². The normalized spacial score (nSPS) is 20.3. The molecule has 2 aliphatic rings. The van der Waals surface area contributed by atoms with Gasteiger partial charge in [0.2, 0.25) is 0 Å². The van der Waals surface area contributed by atoms with Gasteiger partial charge in [0, 0.05) is 34.9 Å². The minimum atomic E-state index is -0.722. The molecule has 2 atom stereocenters. The van der Waals surface area contributed by atoms with Crippen LogP contribution in [0.2, 0.25) is 0 Å². The number of ether oxygens (including phenoxy) is 3. The highest BCUT2D eigenvalue weighted by atomic mass is 16.5. The summed E-state index contributed by atoms with van der Waals surface area (Å²) in [5.74, 6) is -0.579. The van der Waals surface area contributed by atoms with E-state index in [1.165, 1.54) is 0 Å². The number of ketones is 1. The van der Waals surface area contributed by atoms with E-state index in [0.717, 1.165) is 23.2 Å². The van der Waals surface area contributed by atoms with Gasteiger partial charge in [-0.25, -0.2) is 0 Å². The van der Waals surface area contributed by atoms with Gasteiger partial charge in [0.1, 0.15) is 12.5 Å². The number of hydrogen-bond acceptors (Lipinski definition) is 6. The van der Waals surface area contributed by atoms with Gasteiger partial charge >= 0.3 is 5.97 Å². The Morgan fingerprint density at radius 1 is 1.03 bits per heavy atom. The molecule has 1 aliphatic heterocycles. The van der Waals surface area contributed by atoms with Crippen LogP contribution in [0.15, 0.2) is 64.8 Å². The number of methoxy groups -OCH3 is 2. The topological polar surface area (TPSA) is 74.2 Å². The summed E-state index contributed by atoms with van der Waals surface area (Å²) in [5.41, 5.74) is 3.63. The van der Waals surface area contributed by atoms with Crippen molar-refractivity contribution in [2.24, 2.45) is 10.9 Å². The largest absolute Gasteiger partial charge is 0.493 e. The zero-order chi connectivity index (χ0) is 22.7. The lowest BCUT2D eigenvalue weighted by atomic mass is 9.71. The van der Waals surface area contributed by atoms with Gasteiger partial charge in [-0.15, -0.1) is 0 Å². The smallest absolute Gasteiger partial charge is 0.315 e. The fraction of sp³-hybridized carbons (Fsp3) is 0.346. The predicted octanol–water partition coefficient (Wildman–Crippen LogP) is 4.63. The monoisotopic (exact) mass is 433 g/mol. The van der Waals surface area contributed by atoms with Gasteiger partial charge in [0.15, 0.2) is 17.3 Å². The van der Waals surface area contributed by atoms with Crippen LogP contribution in [-0.2, 0) is 20.9 Å². The molecule has 0 N–H and O–H groups in total. The maximum Gasteiger partial charge on any atom is 0.315 e. The highest BCUT2D eigenvalue weighted by molar-refractivity contribution is 6.09. The summed E-state index contributed by atoms with van der Waals surface area (Å²) in [7, 11) is 3.13. The molecule has 1 heterocycles. The van der Waals surface area contributed by atoms with Gasteiger partial charge in [-0.2, -0.15) is 0 Å². The Balaban J connectivity index is 1.78. The molecular weight excluding hydrogens is 406 g/mol. The van der Waals surface area contributed by atoms with Crippen LogP contribution in [0.25, 0.3) is 0 Å². The highest BCUT2D eigenvalue weighted by Gasteiger charge is 2.44. The second kappa shape index (κ2) is 9.39. The van der Waals surface area contributed by atoms with Crippen molar-refractivity contribution in [3.05, 3.63) is 70.9 Å². The number of rotatable bonds is 6. The zero-order valence-electron chi connectivity index (χ0n) is 18.6. The van der Waals surface area contributed by atoms with Crippen LogP contribution in [0.1, 0.15) is 43.2 Å². The maximum atomic E-state index is 13.4. The number of esters is 1. The van der Waals surface area contributed by atoms with E-state index in [-0.39, 0.29) is 12.4 Å². The number of hydrogen-bond donors (Lipinski definition) is 0. The van der Waals surface area contributed by atoms with Gasteiger partial charge in [0.05, 0.1) is 14.2 Å². The number of Topliss-reactive ketones (excluding diaryl/α,β-unsaturated/α-hetero) is 1. The zero-order valence-corrected chi connectivity index (χ0v) is 18.6. The molecule has 0 saturated carbocycles. The Hall–Kier alpha value is -3.41. The molecule has 6 heteroatoms. The third kappa shape index (κ3) is 4.05. The molecule has 1 unspecified atom stereocenters. The summed E-state index contributed by atoms with van der Waals surface area (Å²) in [6.07, 6.45) is 1.93. The van der Waals surface area contributed by atoms with Crippen molar-refractivity contribution in [2.45, 2.75) is 38.7 Å². The van der Waals surface area contributed by atoms with Crippen molar-refractivity contribution < 1.29 is 23.8 Å². The molecular formula is C26H27NO5. The average Bonchev–Trinajstić information content (AvgIpc) is 2.81. The molecule has 4 rings (SSSR count). The van der Waals surface area contributed by atoms with Crippen molar-refractivity contribution in [3.63, 3.8) is 0 Å². The molecule has 0 saturated heterocycles. The van der Waals surface area contributed by atoms with E-state index < -0.39 is 17.8 Å². The Bertz CT molecular complexity index is 1090. The maximum absolute atomic E-state index is 13.4. The van der Waals surface area contributed by atoms with Gasteiger partial charge < -0.3 is 14.2 Å². The molecule has 2 aromatic carbocycles. The van der Waals surface area contributed by atoms with Gasteiger partial charge in [-0.3, -0.25) is 14.6 Å². The number of para-hydroxylation sites is 1. The first kappa shape index (κ1) is 21.8. The van der Waals surface area contributed by atoms with Gasteiger partial charge in [-0.1, -0.05) is 42.5 Å². The first-order valence-corrected chi connectivity index (χ1v) is 10.8. The minimum absolute atomic E-state index is 0.0261. The standard InChI is InChI=1S/C26H27NO5/c1-16-22(26(29)32-15-17-9-5-4-6-10-17)23(24-19(27-16)12-8-13-20(24)28)18-11-7-14-21(30-2)25(18)31-3/h4-7,9-11,14,22-23H,8,12-13,15H2,1-3H3/t22?,23-/m0/s1. The minimum Gasteiger partial charge on any atom is -0.493 e. The van der Waals surface area contributed by atoms with E-state index in [0.29, 0.717) is 35.6 Å². The second-order valence-corrected chi connectivity index (χ2v) is 8.02. The van der Waals surface area contributed by atoms with Gasteiger partial charge in [0.25, 0.3) is 0 Å². The molecule has 0 spiro atoms. The molecule has 1 aliphatic carbocycles. The fourth-order valence-electron chi connectivity index (χ4n) is 4.62. The molecule has 2 aromatic rings. The van der Waals surface area contributed by atoms with E-state index >= 15 is 0 Å². The van der Waals surface area contributed by atoms with Crippen LogP contribution in [-0.4, -0.2) is 31.7 Å². The van der Waals surface area contributed by atoms with Gasteiger partial charge in [-0.05, 0) is 31.4 Å². The van der Waals surface area contributed by atoms with Crippen LogP contribution >= 0.6 is 0 Å². The lowest BCUT2D eigenvalue weighted by Gasteiger charge is -2.35. The first-order chi connectivity index (χ1) is 15.5. The van der Waals surface area contributed by atoms with E-state index in [1.807, 2.05) is 49.4 Å². The SMILES string of the molecule is COc1cccc([C@@H]2C3=C(CCCC3=O)N=C(C)C2C(=O)OCc2ccccc2)c1OC. The molecule has 0 fully saturated rings. The number of allylic oxidation sites excluding steroid dienone is 2. The van der Waals surface area contributed by atoms with Crippen molar-refractivity contribution in [1.82, 2.24) is 0 Å². The van der Waals surface area contributed by atoms with E-state index in [9.17, 15) is 9.59 Å². The van der Waals surface area contributed by atoms with Crippen molar-refractivity contribution in [1.29, 1.82) is 0 Å². The van der Waals surface area contributed by atoms with Crippen LogP contribution in [0, 0.1) is 5.92 Å². The molecule has 0 aromatic heterocycles. The Morgan fingerprint density at radius 2 is 1.81 bits per heavy atom. The van der Waals surface area contributed by atoms with Crippen molar-refractivity contribution in [2.75, 3.05) is 14.2 Å². The lowest BCUT2D eigenvalue weighted by molar-refractivity contribution is -0.148. The van der Waals surface area contributed by atoms with Crippen LogP contribution in [0.3, 0.4) is 0 Å². The summed E-state index contributed by atoms with van der Waals surface area (Å²) >= 11 is 0. The first-order valence-electron chi connectivity index (χ1n) is 10.8. The highest BCUT2D eigenvalue weighted by Crippen LogP contribution is 2.48. The number of benzene rings is 2. The summed E-state index contributed by atoms with van der Waals surface area (Å²) in [5, 5.41) is 0. The summed E-state index contributed by atoms with van der Waals surface area (Å²) in [4.78, 5) is 31.1. The lowest BCUT2D eigenvalue weighted by Crippen LogP contribution is -2.37. The second-order valence-electron chi connectivity index (χ2n) is 8.02. The number of nitrogens with zero attached hydrogens (tertiary/aromatic N) is 1. The molecule has 166 valence electrons. The Kier molecular flexibility index (Phi) is 6.40. The molecule has 6 nitrogen and oxygen atoms in total. The number of carbonyl (C=O) groups excluding carboxylic acids is 2. The molecule has 32 heavy (non-hydrogen) atoms. The van der Waals surface area contributed by atoms with E-state index in [4.69, 9.17) is 14.2 Å². The summed E-state index contributed by atoms with van der Waals surface area (Å²) in [6.45, 7) is 1.99. The van der Waals surface area contributed by atoms with E-state index in [1.54, 1.807) is 20.3 Å². The summed E-state index contributed by atoms with van der Waals surface area (Å²) < 4.78 is 16.9. The number of carbonyl (C=O) groups is 2. The Labute approximate surface area is 187 Å². The molecule has 0 radical (unpaired) electrons. The number of aliphatic imine (C=N–C) groups is 1. The predicted molar refractivity (Wildman–Crippen MR) is 121 cm³/mol. The van der Waals surface area contributed by atoms with Crippen LogP contribution in [0.5, 0.6) is 11.5 Å². The third-order valence-corrected chi connectivity index (χ3v) is 6.08. The molecule has 0 amide bonds. The van der Waals surface area contributed by atoms with Crippen molar-refractivity contribution >= 4 is 17.5 Å². The van der Waals surface area contributed by atoms with Crippen LogP contribution in [0.4, 0.5) is 0 Å². The quantitative estimate of drug-likeness (QED) is 0.621.